The maximum absolute atomic E-state index is 12.5. The molecule has 2 atom stereocenters. The van der Waals surface area contributed by atoms with Gasteiger partial charge in [-0.1, -0.05) is 12.8 Å². The molecule has 0 radical (unpaired) electrons. The van der Waals surface area contributed by atoms with E-state index >= 15 is 0 Å². The molecule has 0 spiro atoms. The standard InChI is InChI=1S/C18H29N3OS/c1-13(11-16(22)21-9-5-3-4-6-10-21)20-17(15-7-8-15)18-19-12-14(2)23-18/h12-13,15,17,20H,3-11H2,1-2H3/t13-,17+/m1/s1. The second-order valence-electron chi connectivity index (χ2n) is 7.19. The van der Waals surface area contributed by atoms with Crippen molar-refractivity contribution in [2.45, 2.75) is 70.9 Å². The normalized spacial score (nSPS) is 21.7. The summed E-state index contributed by atoms with van der Waals surface area (Å²) >= 11 is 1.79. The van der Waals surface area contributed by atoms with Crippen molar-refractivity contribution in [3.63, 3.8) is 0 Å². The molecule has 1 aromatic heterocycles. The van der Waals surface area contributed by atoms with Gasteiger partial charge in [0, 0.05) is 36.6 Å². The number of thiazole rings is 1. The van der Waals surface area contributed by atoms with Crippen LogP contribution >= 0.6 is 11.3 Å². The summed E-state index contributed by atoms with van der Waals surface area (Å²) in [7, 11) is 0. The van der Waals surface area contributed by atoms with Crippen LogP contribution < -0.4 is 5.32 Å². The maximum Gasteiger partial charge on any atom is 0.224 e. The molecule has 4 nitrogen and oxygen atoms in total. The van der Waals surface area contributed by atoms with Gasteiger partial charge in [0.2, 0.25) is 5.91 Å². The highest BCUT2D eigenvalue weighted by Gasteiger charge is 2.35. The molecule has 1 amide bonds. The van der Waals surface area contributed by atoms with Gasteiger partial charge in [-0.2, -0.15) is 0 Å². The van der Waals surface area contributed by atoms with Gasteiger partial charge in [-0.3, -0.25) is 4.79 Å². The Kier molecular flexibility index (Phi) is 5.70. The lowest BCUT2D eigenvalue weighted by atomic mass is 10.1. The van der Waals surface area contributed by atoms with Crippen molar-refractivity contribution in [3.8, 4) is 0 Å². The summed E-state index contributed by atoms with van der Waals surface area (Å²) in [4.78, 5) is 20.5. The molecular formula is C18H29N3OS. The van der Waals surface area contributed by atoms with Crippen LogP contribution in [0, 0.1) is 12.8 Å². The number of carbonyl (C=O) groups excluding carboxylic acids is 1. The van der Waals surface area contributed by atoms with E-state index in [9.17, 15) is 4.79 Å². The smallest absolute Gasteiger partial charge is 0.224 e. The molecule has 3 rings (SSSR count). The Labute approximate surface area is 143 Å². The predicted molar refractivity (Wildman–Crippen MR) is 94.6 cm³/mol. The summed E-state index contributed by atoms with van der Waals surface area (Å²) in [5, 5.41) is 4.89. The van der Waals surface area contributed by atoms with Gasteiger partial charge in [0.15, 0.2) is 0 Å². The van der Waals surface area contributed by atoms with E-state index in [2.05, 4.69) is 29.0 Å². The Morgan fingerprint density at radius 3 is 2.61 bits per heavy atom. The van der Waals surface area contributed by atoms with Gasteiger partial charge in [-0.15, -0.1) is 11.3 Å². The number of hydrogen-bond acceptors (Lipinski definition) is 4. The number of nitrogens with one attached hydrogen (secondary N) is 1. The Bertz CT molecular complexity index is 518. The van der Waals surface area contributed by atoms with Crippen LogP contribution in [0.4, 0.5) is 0 Å². The quantitative estimate of drug-likeness (QED) is 0.862. The van der Waals surface area contributed by atoms with Crippen molar-refractivity contribution in [1.82, 2.24) is 15.2 Å². The van der Waals surface area contributed by atoms with Crippen molar-refractivity contribution in [2.75, 3.05) is 13.1 Å². The molecule has 1 N–H and O–H groups in total. The largest absolute Gasteiger partial charge is 0.343 e. The van der Waals surface area contributed by atoms with E-state index in [4.69, 9.17) is 0 Å². The van der Waals surface area contributed by atoms with Crippen LogP contribution in [0.3, 0.4) is 0 Å². The number of aryl methyl sites for hydroxylation is 1. The average molecular weight is 336 g/mol. The summed E-state index contributed by atoms with van der Waals surface area (Å²) in [6.45, 7) is 6.15. The number of rotatable bonds is 6. The zero-order valence-electron chi connectivity index (χ0n) is 14.4. The second-order valence-corrected chi connectivity index (χ2v) is 8.46. The lowest BCUT2D eigenvalue weighted by Gasteiger charge is -2.25. The summed E-state index contributed by atoms with van der Waals surface area (Å²) in [6, 6.07) is 0.543. The monoisotopic (exact) mass is 335 g/mol. The van der Waals surface area contributed by atoms with Gasteiger partial charge in [-0.25, -0.2) is 4.98 Å². The fourth-order valence-corrected chi connectivity index (χ4v) is 4.36. The van der Waals surface area contributed by atoms with Gasteiger partial charge in [-0.05, 0) is 45.4 Å². The first-order chi connectivity index (χ1) is 11.1. The van der Waals surface area contributed by atoms with E-state index in [1.54, 1.807) is 11.3 Å². The van der Waals surface area contributed by atoms with Gasteiger partial charge in [0.05, 0.1) is 6.04 Å². The third-order valence-corrected chi connectivity index (χ3v) is 5.90. The highest BCUT2D eigenvalue weighted by molar-refractivity contribution is 7.11. The molecule has 1 saturated carbocycles. The summed E-state index contributed by atoms with van der Waals surface area (Å²) in [6.07, 6.45) is 9.99. The van der Waals surface area contributed by atoms with Crippen LogP contribution in [0.15, 0.2) is 6.20 Å². The average Bonchev–Trinajstić information content (AvgIpc) is 3.31. The van der Waals surface area contributed by atoms with Crippen molar-refractivity contribution in [3.05, 3.63) is 16.1 Å². The Balaban J connectivity index is 1.54. The Morgan fingerprint density at radius 1 is 1.35 bits per heavy atom. The lowest BCUT2D eigenvalue weighted by molar-refractivity contribution is -0.131. The van der Waals surface area contributed by atoms with E-state index in [0.717, 1.165) is 25.9 Å². The molecule has 0 aromatic carbocycles. The summed E-state index contributed by atoms with van der Waals surface area (Å²) in [5.41, 5.74) is 0. The molecule has 0 bridgehead atoms. The van der Waals surface area contributed by atoms with Gasteiger partial charge >= 0.3 is 0 Å². The fraction of sp³-hybridized carbons (Fsp3) is 0.778. The van der Waals surface area contributed by atoms with Crippen LogP contribution in [-0.2, 0) is 4.79 Å². The van der Waals surface area contributed by atoms with E-state index < -0.39 is 0 Å². The summed E-state index contributed by atoms with van der Waals surface area (Å²) in [5.74, 6) is 1.02. The zero-order chi connectivity index (χ0) is 16.2. The van der Waals surface area contributed by atoms with Crippen molar-refractivity contribution in [2.24, 2.45) is 5.92 Å². The molecule has 2 aliphatic rings. The number of carbonyl (C=O) groups is 1. The van der Waals surface area contributed by atoms with Crippen LogP contribution in [0.1, 0.15) is 67.8 Å². The molecule has 2 heterocycles. The highest BCUT2D eigenvalue weighted by Crippen LogP contribution is 2.42. The van der Waals surface area contributed by atoms with Crippen LogP contribution in [0.2, 0.25) is 0 Å². The SMILES string of the molecule is Cc1cnc([C@@H](N[C@H](C)CC(=O)N2CCCCCC2)C2CC2)s1. The van der Waals surface area contributed by atoms with E-state index in [0.29, 0.717) is 24.3 Å². The molecule has 1 saturated heterocycles. The third kappa shape index (κ3) is 4.77. The van der Waals surface area contributed by atoms with Crippen molar-refractivity contribution >= 4 is 17.2 Å². The van der Waals surface area contributed by atoms with Crippen LogP contribution in [0.5, 0.6) is 0 Å². The summed E-state index contributed by atoms with van der Waals surface area (Å²) < 4.78 is 0. The molecule has 1 aliphatic heterocycles. The number of likely N-dealkylation sites (tertiary alicyclic amines) is 1. The third-order valence-electron chi connectivity index (χ3n) is 4.90. The van der Waals surface area contributed by atoms with E-state index in [-0.39, 0.29) is 6.04 Å². The second kappa shape index (κ2) is 7.75. The van der Waals surface area contributed by atoms with Gasteiger partial charge in [0.25, 0.3) is 0 Å². The minimum absolute atomic E-state index is 0.209. The molecule has 23 heavy (non-hydrogen) atoms. The highest BCUT2D eigenvalue weighted by atomic mass is 32.1. The molecule has 128 valence electrons. The molecule has 5 heteroatoms. The number of amides is 1. The first-order valence-corrected chi connectivity index (χ1v) is 9.91. The maximum atomic E-state index is 12.5. The first kappa shape index (κ1) is 16.9. The van der Waals surface area contributed by atoms with Gasteiger partial charge < -0.3 is 10.2 Å². The molecule has 1 aliphatic carbocycles. The van der Waals surface area contributed by atoms with E-state index in [1.807, 2.05) is 6.20 Å². The minimum atomic E-state index is 0.209. The number of hydrogen-bond donors (Lipinski definition) is 1. The topological polar surface area (TPSA) is 45.2 Å². The Hall–Kier alpha value is -0.940. The number of aromatic nitrogens is 1. The minimum Gasteiger partial charge on any atom is -0.343 e. The number of nitrogens with zero attached hydrogens (tertiary/aromatic N) is 2. The Morgan fingerprint density at radius 2 is 2.04 bits per heavy atom. The van der Waals surface area contributed by atoms with Crippen molar-refractivity contribution < 1.29 is 4.79 Å². The molecule has 1 aromatic rings. The van der Waals surface area contributed by atoms with Crippen LogP contribution in [-0.4, -0.2) is 34.9 Å². The van der Waals surface area contributed by atoms with Gasteiger partial charge in [0.1, 0.15) is 5.01 Å². The fourth-order valence-electron chi connectivity index (χ4n) is 3.43. The van der Waals surface area contributed by atoms with Crippen molar-refractivity contribution in [1.29, 1.82) is 0 Å². The lowest BCUT2D eigenvalue weighted by Crippen LogP contribution is -2.39. The molecule has 0 unspecified atom stereocenters. The molecular weight excluding hydrogens is 306 g/mol. The van der Waals surface area contributed by atoms with Crippen LogP contribution in [0.25, 0.3) is 0 Å². The zero-order valence-corrected chi connectivity index (χ0v) is 15.2. The van der Waals surface area contributed by atoms with E-state index in [1.165, 1.54) is 35.6 Å². The first-order valence-electron chi connectivity index (χ1n) is 9.09. The predicted octanol–water partition coefficient (Wildman–Crippen LogP) is 3.67. The molecule has 2 fully saturated rings.